The normalized spacial score (nSPS) is 13.7. The Morgan fingerprint density at radius 3 is 2.23 bits per heavy atom. The van der Waals surface area contributed by atoms with Gasteiger partial charge in [-0.2, -0.15) is 11.8 Å². The average molecular weight is 344 g/mol. The summed E-state index contributed by atoms with van der Waals surface area (Å²) >= 11 is 1.43. The molecule has 0 bridgehead atoms. The number of nitrogens with one attached hydrogen (secondary N) is 1. The van der Waals surface area contributed by atoms with Crippen LogP contribution in [0.15, 0.2) is 29.2 Å². The fraction of sp³-hybridized carbons (Fsp3) is 0.562. The molecule has 4 nitrogen and oxygen atoms in total. The highest BCUT2D eigenvalue weighted by molar-refractivity contribution is 7.99. The quantitative estimate of drug-likeness (QED) is 0.862. The van der Waals surface area contributed by atoms with Gasteiger partial charge in [0.1, 0.15) is 0 Å². The first-order valence-corrected chi connectivity index (χ1v) is 10.2. The molecule has 1 amide bonds. The van der Waals surface area contributed by atoms with E-state index < -0.39 is 9.84 Å². The lowest BCUT2D eigenvalue weighted by Gasteiger charge is -2.19. The molecule has 0 spiro atoms. The standard InChI is InChI=1S/C16H25NO3S2/c1-12(21-5)15(18)17-10-11-22(19,20)14-8-6-13(7-9-14)16(2,3)4/h6-9,12H,10-11H2,1-5H3,(H,17,18). The van der Waals surface area contributed by atoms with Crippen LogP contribution in [0.3, 0.4) is 0 Å². The largest absolute Gasteiger partial charge is 0.354 e. The Balaban J connectivity index is 2.69. The van der Waals surface area contributed by atoms with E-state index in [1.54, 1.807) is 19.1 Å². The molecule has 0 fully saturated rings. The highest BCUT2D eigenvalue weighted by Gasteiger charge is 2.18. The van der Waals surface area contributed by atoms with Crippen molar-refractivity contribution < 1.29 is 13.2 Å². The Hall–Kier alpha value is -1.01. The summed E-state index contributed by atoms with van der Waals surface area (Å²) < 4.78 is 24.5. The molecule has 0 saturated carbocycles. The van der Waals surface area contributed by atoms with Crippen LogP contribution in [-0.2, 0) is 20.0 Å². The fourth-order valence-electron chi connectivity index (χ4n) is 1.84. The van der Waals surface area contributed by atoms with Crippen LogP contribution in [0.1, 0.15) is 33.3 Å². The molecule has 1 rings (SSSR count). The summed E-state index contributed by atoms with van der Waals surface area (Å²) in [6.07, 6.45) is 1.85. The van der Waals surface area contributed by atoms with Gasteiger partial charge in [-0.15, -0.1) is 0 Å². The molecule has 1 aromatic rings. The minimum absolute atomic E-state index is 0.00970. The molecule has 1 unspecified atom stereocenters. The molecule has 22 heavy (non-hydrogen) atoms. The van der Waals surface area contributed by atoms with Gasteiger partial charge in [-0.1, -0.05) is 32.9 Å². The second-order valence-corrected chi connectivity index (χ2v) is 9.55. The number of carbonyl (C=O) groups excluding carboxylic acids is 1. The number of hydrogen-bond acceptors (Lipinski definition) is 4. The van der Waals surface area contributed by atoms with Crippen molar-refractivity contribution in [2.45, 2.75) is 43.3 Å². The van der Waals surface area contributed by atoms with Crippen LogP contribution in [0.25, 0.3) is 0 Å². The smallest absolute Gasteiger partial charge is 0.232 e. The van der Waals surface area contributed by atoms with Crippen LogP contribution in [0.2, 0.25) is 0 Å². The SMILES string of the molecule is CSC(C)C(=O)NCCS(=O)(=O)c1ccc(C(C)(C)C)cc1. The first-order valence-electron chi connectivity index (χ1n) is 7.22. The Morgan fingerprint density at radius 1 is 1.23 bits per heavy atom. The van der Waals surface area contributed by atoms with Crippen molar-refractivity contribution in [2.24, 2.45) is 0 Å². The highest BCUT2D eigenvalue weighted by atomic mass is 32.2. The maximum Gasteiger partial charge on any atom is 0.232 e. The summed E-state index contributed by atoms with van der Waals surface area (Å²) in [7, 11) is -3.37. The van der Waals surface area contributed by atoms with Crippen LogP contribution in [0.5, 0.6) is 0 Å². The predicted octanol–water partition coefficient (Wildman–Crippen LogP) is 2.63. The van der Waals surface area contributed by atoms with Crippen LogP contribution in [-0.4, -0.2) is 38.1 Å². The summed E-state index contributed by atoms with van der Waals surface area (Å²) in [5.74, 6) is -0.222. The summed E-state index contributed by atoms with van der Waals surface area (Å²) in [6, 6.07) is 6.98. The second-order valence-electron chi connectivity index (χ2n) is 6.26. The van der Waals surface area contributed by atoms with Gasteiger partial charge in [0, 0.05) is 6.54 Å². The third-order valence-electron chi connectivity index (χ3n) is 3.47. The van der Waals surface area contributed by atoms with Gasteiger partial charge < -0.3 is 5.32 Å². The number of sulfone groups is 1. The number of hydrogen-bond donors (Lipinski definition) is 1. The number of thioether (sulfide) groups is 1. The van der Waals surface area contributed by atoms with E-state index in [0.717, 1.165) is 5.56 Å². The van der Waals surface area contributed by atoms with Crippen LogP contribution in [0.4, 0.5) is 0 Å². The molecule has 1 aromatic carbocycles. The predicted molar refractivity (Wildman–Crippen MR) is 93.2 cm³/mol. The molecular formula is C16H25NO3S2. The first-order chi connectivity index (χ1) is 10.1. The molecule has 0 aromatic heterocycles. The third kappa shape index (κ3) is 5.32. The van der Waals surface area contributed by atoms with Crippen LogP contribution < -0.4 is 5.32 Å². The third-order valence-corrected chi connectivity index (χ3v) is 6.13. The maximum atomic E-state index is 12.3. The topological polar surface area (TPSA) is 63.2 Å². The Bertz CT molecular complexity index is 601. The summed E-state index contributed by atoms with van der Waals surface area (Å²) in [6.45, 7) is 8.17. The zero-order valence-electron chi connectivity index (χ0n) is 13.8. The van der Waals surface area contributed by atoms with Gasteiger partial charge in [0.2, 0.25) is 5.91 Å². The molecule has 0 aliphatic carbocycles. The van der Waals surface area contributed by atoms with Gasteiger partial charge in [0.25, 0.3) is 0 Å². The van der Waals surface area contributed by atoms with E-state index in [0.29, 0.717) is 4.90 Å². The lowest BCUT2D eigenvalue weighted by molar-refractivity contribution is -0.120. The first kappa shape index (κ1) is 19.0. The summed E-state index contributed by atoms with van der Waals surface area (Å²) in [4.78, 5) is 11.9. The zero-order chi connectivity index (χ0) is 17.0. The molecule has 0 aliphatic heterocycles. The monoisotopic (exact) mass is 343 g/mol. The van der Waals surface area contributed by atoms with Crippen molar-refractivity contribution in [3.63, 3.8) is 0 Å². The minimum Gasteiger partial charge on any atom is -0.354 e. The van der Waals surface area contributed by atoms with E-state index >= 15 is 0 Å². The molecule has 0 radical (unpaired) electrons. The molecule has 0 aliphatic rings. The molecule has 0 saturated heterocycles. The highest BCUT2D eigenvalue weighted by Crippen LogP contribution is 2.23. The van der Waals surface area contributed by atoms with Gasteiger partial charge in [-0.05, 0) is 36.3 Å². The second kappa shape index (κ2) is 7.51. The van der Waals surface area contributed by atoms with Gasteiger partial charge in [-0.3, -0.25) is 4.79 Å². The molecule has 0 heterocycles. The van der Waals surface area contributed by atoms with Crippen LogP contribution in [0, 0.1) is 0 Å². The Labute approximate surface area is 138 Å². The van der Waals surface area contributed by atoms with Gasteiger partial charge >= 0.3 is 0 Å². The van der Waals surface area contributed by atoms with E-state index in [4.69, 9.17) is 0 Å². The molecule has 1 atom stereocenters. The van der Waals surface area contributed by atoms with E-state index in [9.17, 15) is 13.2 Å². The average Bonchev–Trinajstić information content (AvgIpc) is 2.45. The van der Waals surface area contributed by atoms with Gasteiger partial charge in [-0.25, -0.2) is 8.42 Å². The Kier molecular flexibility index (Phi) is 6.50. The molecule has 124 valence electrons. The minimum atomic E-state index is -3.37. The van der Waals surface area contributed by atoms with Crippen molar-refractivity contribution in [3.05, 3.63) is 29.8 Å². The van der Waals surface area contributed by atoms with Crippen molar-refractivity contribution in [1.29, 1.82) is 0 Å². The maximum absolute atomic E-state index is 12.3. The number of rotatable bonds is 6. The van der Waals surface area contributed by atoms with E-state index in [1.165, 1.54) is 11.8 Å². The number of benzene rings is 1. The molecular weight excluding hydrogens is 318 g/mol. The molecule has 6 heteroatoms. The summed E-state index contributed by atoms with van der Waals surface area (Å²) in [5.41, 5.74) is 1.08. The Morgan fingerprint density at radius 2 is 1.77 bits per heavy atom. The number of amides is 1. The zero-order valence-corrected chi connectivity index (χ0v) is 15.5. The van der Waals surface area contributed by atoms with E-state index in [1.807, 2.05) is 18.4 Å². The van der Waals surface area contributed by atoms with E-state index in [-0.39, 0.29) is 28.9 Å². The van der Waals surface area contributed by atoms with Gasteiger partial charge in [0.15, 0.2) is 9.84 Å². The van der Waals surface area contributed by atoms with Crippen molar-refractivity contribution >= 4 is 27.5 Å². The van der Waals surface area contributed by atoms with Crippen molar-refractivity contribution in [1.82, 2.24) is 5.32 Å². The lowest BCUT2D eigenvalue weighted by Crippen LogP contribution is -2.34. The van der Waals surface area contributed by atoms with Crippen molar-refractivity contribution in [2.75, 3.05) is 18.6 Å². The number of carbonyl (C=O) groups is 1. The summed E-state index contributed by atoms with van der Waals surface area (Å²) in [5, 5.41) is 2.48. The van der Waals surface area contributed by atoms with Crippen molar-refractivity contribution in [3.8, 4) is 0 Å². The van der Waals surface area contributed by atoms with Crippen LogP contribution >= 0.6 is 11.8 Å². The van der Waals surface area contributed by atoms with Gasteiger partial charge in [0.05, 0.1) is 15.9 Å². The van der Waals surface area contributed by atoms with E-state index in [2.05, 4.69) is 26.1 Å². The fourth-order valence-corrected chi connectivity index (χ4v) is 3.29. The molecule has 1 N–H and O–H groups in total. The lowest BCUT2D eigenvalue weighted by atomic mass is 9.87.